The first-order valence-electron chi connectivity index (χ1n) is 9.03. The molecule has 3 heterocycles. The molecule has 0 bridgehead atoms. The van der Waals surface area contributed by atoms with Gasteiger partial charge in [0, 0.05) is 43.9 Å². The molecular weight excluding hydrogens is 344 g/mol. The Balaban J connectivity index is 1.48. The molecule has 0 amide bonds. The lowest BCUT2D eigenvalue weighted by Crippen LogP contribution is -2.30. The summed E-state index contributed by atoms with van der Waals surface area (Å²) in [5.41, 5.74) is 3.49. The van der Waals surface area contributed by atoms with Crippen molar-refractivity contribution in [1.82, 2.24) is 20.4 Å². The molecule has 5 nitrogen and oxygen atoms in total. The molecule has 2 aromatic heterocycles. The Morgan fingerprint density at radius 2 is 2.08 bits per heavy atom. The SMILES string of the molecule is OC1CNCC1CNCc1cn(Cc2ccccc2)nc1-c1cccs1. The summed E-state index contributed by atoms with van der Waals surface area (Å²) in [7, 11) is 0. The molecule has 6 heteroatoms. The largest absolute Gasteiger partial charge is 0.391 e. The minimum atomic E-state index is -0.250. The monoisotopic (exact) mass is 368 g/mol. The topological polar surface area (TPSA) is 62.1 Å². The van der Waals surface area contributed by atoms with E-state index in [2.05, 4.69) is 58.6 Å². The van der Waals surface area contributed by atoms with Crippen LogP contribution in [0.5, 0.6) is 0 Å². The summed E-state index contributed by atoms with van der Waals surface area (Å²) in [4.78, 5) is 1.19. The van der Waals surface area contributed by atoms with Crippen LogP contribution in [-0.2, 0) is 13.1 Å². The van der Waals surface area contributed by atoms with Crippen LogP contribution in [0.2, 0.25) is 0 Å². The third-order valence-electron chi connectivity index (χ3n) is 4.81. The maximum Gasteiger partial charge on any atom is 0.107 e. The third-order valence-corrected chi connectivity index (χ3v) is 5.68. The predicted octanol–water partition coefficient (Wildman–Crippen LogP) is 2.33. The van der Waals surface area contributed by atoms with Crippen LogP contribution in [0, 0.1) is 5.92 Å². The van der Waals surface area contributed by atoms with Gasteiger partial charge in [0.1, 0.15) is 5.69 Å². The Labute approximate surface area is 157 Å². The van der Waals surface area contributed by atoms with Crippen LogP contribution >= 0.6 is 11.3 Å². The Morgan fingerprint density at radius 3 is 2.81 bits per heavy atom. The molecule has 136 valence electrons. The van der Waals surface area contributed by atoms with E-state index in [1.54, 1.807) is 11.3 Å². The number of thiophene rings is 1. The fraction of sp³-hybridized carbons (Fsp3) is 0.350. The van der Waals surface area contributed by atoms with Gasteiger partial charge in [-0.15, -0.1) is 11.3 Å². The zero-order chi connectivity index (χ0) is 17.8. The Morgan fingerprint density at radius 1 is 1.19 bits per heavy atom. The van der Waals surface area contributed by atoms with Crippen LogP contribution in [-0.4, -0.2) is 40.6 Å². The van der Waals surface area contributed by atoms with Crippen LogP contribution < -0.4 is 10.6 Å². The highest BCUT2D eigenvalue weighted by atomic mass is 32.1. The van der Waals surface area contributed by atoms with Gasteiger partial charge in [-0.25, -0.2) is 0 Å². The fourth-order valence-corrected chi connectivity index (χ4v) is 4.13. The highest BCUT2D eigenvalue weighted by Gasteiger charge is 2.24. The van der Waals surface area contributed by atoms with Crippen molar-refractivity contribution in [3.63, 3.8) is 0 Å². The van der Waals surface area contributed by atoms with E-state index in [0.717, 1.165) is 31.9 Å². The van der Waals surface area contributed by atoms with Gasteiger partial charge in [-0.05, 0) is 17.0 Å². The molecule has 3 aromatic rings. The van der Waals surface area contributed by atoms with Gasteiger partial charge in [0.15, 0.2) is 0 Å². The predicted molar refractivity (Wildman–Crippen MR) is 105 cm³/mol. The number of aliphatic hydroxyl groups excluding tert-OH is 1. The number of nitrogens with one attached hydrogen (secondary N) is 2. The summed E-state index contributed by atoms with van der Waals surface area (Å²) in [6, 6.07) is 14.6. The van der Waals surface area contributed by atoms with E-state index >= 15 is 0 Å². The summed E-state index contributed by atoms with van der Waals surface area (Å²) >= 11 is 1.72. The number of aliphatic hydroxyl groups is 1. The van der Waals surface area contributed by atoms with Gasteiger partial charge in [0.2, 0.25) is 0 Å². The minimum Gasteiger partial charge on any atom is -0.391 e. The number of hydrogen-bond acceptors (Lipinski definition) is 5. The van der Waals surface area contributed by atoms with Crippen molar-refractivity contribution in [3.8, 4) is 10.6 Å². The molecule has 4 rings (SSSR count). The minimum absolute atomic E-state index is 0.250. The van der Waals surface area contributed by atoms with Gasteiger partial charge >= 0.3 is 0 Å². The highest BCUT2D eigenvalue weighted by molar-refractivity contribution is 7.13. The molecule has 1 aliphatic rings. The van der Waals surface area contributed by atoms with Gasteiger partial charge in [-0.1, -0.05) is 36.4 Å². The van der Waals surface area contributed by atoms with E-state index in [-0.39, 0.29) is 12.0 Å². The lowest BCUT2D eigenvalue weighted by atomic mass is 10.1. The second-order valence-corrected chi connectivity index (χ2v) is 7.73. The number of nitrogens with zero attached hydrogens (tertiary/aromatic N) is 2. The van der Waals surface area contributed by atoms with E-state index in [9.17, 15) is 5.11 Å². The molecule has 0 radical (unpaired) electrons. The van der Waals surface area contributed by atoms with Crippen LogP contribution in [0.25, 0.3) is 10.6 Å². The van der Waals surface area contributed by atoms with Crippen LogP contribution in [0.1, 0.15) is 11.1 Å². The molecule has 2 unspecified atom stereocenters. The zero-order valence-corrected chi connectivity index (χ0v) is 15.5. The van der Waals surface area contributed by atoms with E-state index in [1.807, 2.05) is 10.7 Å². The van der Waals surface area contributed by atoms with E-state index in [1.165, 1.54) is 16.0 Å². The van der Waals surface area contributed by atoms with Crippen molar-refractivity contribution in [3.05, 3.63) is 65.2 Å². The average Bonchev–Trinajstić information content (AvgIpc) is 3.38. The lowest BCUT2D eigenvalue weighted by Gasteiger charge is -2.13. The number of rotatable bonds is 7. The first kappa shape index (κ1) is 17.4. The molecule has 26 heavy (non-hydrogen) atoms. The van der Waals surface area contributed by atoms with Crippen molar-refractivity contribution >= 4 is 11.3 Å². The molecule has 1 fully saturated rings. The quantitative estimate of drug-likeness (QED) is 0.599. The molecule has 1 aliphatic heterocycles. The van der Waals surface area contributed by atoms with Crippen LogP contribution in [0.3, 0.4) is 0 Å². The van der Waals surface area contributed by atoms with Crippen molar-refractivity contribution in [2.45, 2.75) is 19.2 Å². The molecule has 0 spiro atoms. The molecule has 3 N–H and O–H groups in total. The van der Waals surface area contributed by atoms with E-state index in [0.29, 0.717) is 6.54 Å². The Hall–Kier alpha value is -1.99. The summed E-state index contributed by atoms with van der Waals surface area (Å²) < 4.78 is 2.02. The zero-order valence-electron chi connectivity index (χ0n) is 14.6. The Kier molecular flexibility index (Phi) is 5.45. The standard InChI is InChI=1S/C20H24N4OS/c25-18-12-22-10-16(18)9-21-11-17-14-24(13-15-5-2-1-3-6-15)23-20(17)19-7-4-8-26-19/h1-8,14,16,18,21-22,25H,9-13H2. The normalized spacial score (nSPS) is 19.9. The highest BCUT2D eigenvalue weighted by Crippen LogP contribution is 2.27. The van der Waals surface area contributed by atoms with Crippen LogP contribution in [0.4, 0.5) is 0 Å². The number of aromatic nitrogens is 2. The van der Waals surface area contributed by atoms with E-state index < -0.39 is 0 Å². The van der Waals surface area contributed by atoms with Gasteiger partial charge in [-0.3, -0.25) is 4.68 Å². The average molecular weight is 369 g/mol. The first-order chi connectivity index (χ1) is 12.8. The molecule has 0 saturated carbocycles. The number of hydrogen-bond donors (Lipinski definition) is 3. The Bertz CT molecular complexity index is 816. The first-order valence-corrected chi connectivity index (χ1v) is 9.91. The molecule has 1 saturated heterocycles. The summed E-state index contributed by atoms with van der Waals surface area (Å²) in [6.07, 6.45) is 1.89. The third kappa shape index (κ3) is 4.04. The van der Waals surface area contributed by atoms with Crippen LogP contribution in [0.15, 0.2) is 54.0 Å². The van der Waals surface area contributed by atoms with Gasteiger partial charge in [0.25, 0.3) is 0 Å². The molecule has 0 aliphatic carbocycles. The molecule has 1 aromatic carbocycles. The number of β-amino-alcohol motifs (C(OH)–C–C–N with tert-alkyl or cyclic N) is 1. The number of benzene rings is 1. The lowest BCUT2D eigenvalue weighted by molar-refractivity contribution is 0.146. The second kappa shape index (κ2) is 8.14. The molecule has 2 atom stereocenters. The maximum atomic E-state index is 9.94. The van der Waals surface area contributed by atoms with Crippen molar-refractivity contribution in [1.29, 1.82) is 0 Å². The second-order valence-electron chi connectivity index (χ2n) is 6.78. The van der Waals surface area contributed by atoms with E-state index in [4.69, 9.17) is 5.10 Å². The smallest absolute Gasteiger partial charge is 0.107 e. The van der Waals surface area contributed by atoms with Crippen molar-refractivity contribution in [2.75, 3.05) is 19.6 Å². The summed E-state index contributed by atoms with van der Waals surface area (Å²) in [5, 5.41) is 23.6. The van der Waals surface area contributed by atoms with Gasteiger partial charge < -0.3 is 15.7 Å². The summed E-state index contributed by atoms with van der Waals surface area (Å²) in [6.45, 7) is 3.90. The maximum absolute atomic E-state index is 9.94. The summed E-state index contributed by atoms with van der Waals surface area (Å²) in [5.74, 6) is 0.277. The van der Waals surface area contributed by atoms with Gasteiger partial charge in [-0.2, -0.15) is 5.10 Å². The molecular formula is C20H24N4OS. The van der Waals surface area contributed by atoms with Crippen molar-refractivity contribution < 1.29 is 5.11 Å². The van der Waals surface area contributed by atoms with Gasteiger partial charge in [0.05, 0.1) is 17.5 Å². The fourth-order valence-electron chi connectivity index (χ4n) is 3.38. The van der Waals surface area contributed by atoms with Crippen molar-refractivity contribution in [2.24, 2.45) is 5.92 Å².